The highest BCUT2D eigenvalue weighted by molar-refractivity contribution is 5.86. The molecule has 0 radical (unpaired) electrons. The van der Waals surface area contributed by atoms with Crippen molar-refractivity contribution in [3.63, 3.8) is 0 Å². The van der Waals surface area contributed by atoms with Gasteiger partial charge in [0.25, 0.3) is 0 Å². The molecule has 0 saturated heterocycles. The predicted octanol–water partition coefficient (Wildman–Crippen LogP) is 1.70. The topological polar surface area (TPSA) is 86.2 Å². The number of aromatic amines is 1. The molecule has 0 fully saturated rings. The zero-order valence-electron chi connectivity index (χ0n) is 9.76. The van der Waals surface area contributed by atoms with Crippen LogP contribution >= 0.6 is 0 Å². The molecule has 1 heterocycles. The Kier molecular flexibility index (Phi) is 3.74. The van der Waals surface area contributed by atoms with Gasteiger partial charge in [0.2, 0.25) is 0 Å². The summed E-state index contributed by atoms with van der Waals surface area (Å²) in [5.74, 6) is -1.02. The van der Waals surface area contributed by atoms with Gasteiger partial charge in [0.05, 0.1) is 5.69 Å². The molecular weight excluding hydrogens is 232 g/mol. The summed E-state index contributed by atoms with van der Waals surface area (Å²) in [5, 5.41) is 24.0. The van der Waals surface area contributed by atoms with Crippen molar-refractivity contribution < 1.29 is 15.0 Å². The Labute approximate surface area is 104 Å². The first-order valence-corrected chi connectivity index (χ1v) is 5.69. The van der Waals surface area contributed by atoms with Crippen LogP contribution in [-0.4, -0.2) is 33.0 Å². The van der Waals surface area contributed by atoms with Crippen molar-refractivity contribution >= 4 is 5.97 Å². The molecule has 0 atom stereocenters. The van der Waals surface area contributed by atoms with Gasteiger partial charge in [-0.05, 0) is 24.5 Å². The third-order valence-corrected chi connectivity index (χ3v) is 2.68. The van der Waals surface area contributed by atoms with E-state index in [2.05, 4.69) is 10.2 Å². The Morgan fingerprint density at radius 1 is 1.28 bits per heavy atom. The Balaban J connectivity index is 2.15. The number of benzene rings is 1. The van der Waals surface area contributed by atoms with Gasteiger partial charge in [-0.15, -0.1) is 0 Å². The van der Waals surface area contributed by atoms with Crippen molar-refractivity contribution in [1.29, 1.82) is 0 Å². The van der Waals surface area contributed by atoms with Gasteiger partial charge in [-0.2, -0.15) is 5.10 Å². The van der Waals surface area contributed by atoms with Gasteiger partial charge in [-0.25, -0.2) is 4.79 Å². The number of nitrogens with one attached hydrogen (secondary N) is 1. The summed E-state index contributed by atoms with van der Waals surface area (Å²) in [6.07, 6.45) is 1.57. The minimum Gasteiger partial charge on any atom is -0.477 e. The average Bonchev–Trinajstić information content (AvgIpc) is 2.87. The van der Waals surface area contributed by atoms with Crippen LogP contribution < -0.4 is 0 Å². The first-order valence-electron chi connectivity index (χ1n) is 5.69. The van der Waals surface area contributed by atoms with Crippen LogP contribution in [0.15, 0.2) is 30.3 Å². The Bertz CT molecular complexity index is 531. The molecule has 0 saturated carbocycles. The van der Waals surface area contributed by atoms with Gasteiger partial charge in [-0.3, -0.25) is 5.10 Å². The maximum atomic E-state index is 10.7. The molecule has 2 aromatic rings. The van der Waals surface area contributed by atoms with Gasteiger partial charge in [-0.1, -0.05) is 24.3 Å². The lowest BCUT2D eigenvalue weighted by Crippen LogP contribution is -1.95. The van der Waals surface area contributed by atoms with E-state index in [1.165, 1.54) is 6.07 Å². The summed E-state index contributed by atoms with van der Waals surface area (Å²) < 4.78 is 0. The summed E-state index contributed by atoms with van der Waals surface area (Å²) in [5.41, 5.74) is 2.70. The van der Waals surface area contributed by atoms with E-state index >= 15 is 0 Å². The number of aliphatic hydroxyl groups is 1. The number of hydrogen-bond donors (Lipinski definition) is 3. The molecule has 5 nitrogen and oxygen atoms in total. The fourth-order valence-electron chi connectivity index (χ4n) is 1.70. The molecule has 0 aliphatic rings. The minimum absolute atomic E-state index is 0.0781. The van der Waals surface area contributed by atoms with Gasteiger partial charge >= 0.3 is 5.97 Å². The molecule has 0 unspecified atom stereocenters. The number of aromatic nitrogens is 2. The second-order valence-electron chi connectivity index (χ2n) is 4.00. The number of carbonyl (C=O) groups is 1. The van der Waals surface area contributed by atoms with Crippen LogP contribution in [0.2, 0.25) is 0 Å². The Morgan fingerprint density at radius 2 is 2.00 bits per heavy atom. The van der Waals surface area contributed by atoms with Gasteiger partial charge in [0.15, 0.2) is 0 Å². The second-order valence-corrected chi connectivity index (χ2v) is 4.00. The largest absolute Gasteiger partial charge is 0.477 e. The first-order chi connectivity index (χ1) is 8.70. The van der Waals surface area contributed by atoms with Crippen molar-refractivity contribution in [2.75, 3.05) is 6.61 Å². The molecule has 18 heavy (non-hydrogen) atoms. The number of aromatic carboxylic acids is 1. The summed E-state index contributed by atoms with van der Waals surface area (Å²) in [6.45, 7) is 0.184. The number of carboxylic acids is 1. The highest BCUT2D eigenvalue weighted by atomic mass is 16.4. The van der Waals surface area contributed by atoms with Crippen LogP contribution in [0.5, 0.6) is 0 Å². The molecule has 0 aliphatic heterocycles. The molecule has 0 aliphatic carbocycles. The molecule has 3 N–H and O–H groups in total. The van der Waals surface area contributed by atoms with Crippen LogP contribution in [-0.2, 0) is 6.42 Å². The zero-order chi connectivity index (χ0) is 13.0. The molecular formula is C13H14N2O3. The summed E-state index contributed by atoms with van der Waals surface area (Å²) in [7, 11) is 0. The van der Waals surface area contributed by atoms with Crippen LogP contribution in [0.3, 0.4) is 0 Å². The van der Waals surface area contributed by atoms with E-state index in [4.69, 9.17) is 10.2 Å². The van der Waals surface area contributed by atoms with E-state index in [9.17, 15) is 4.79 Å². The quantitative estimate of drug-likeness (QED) is 0.749. The average molecular weight is 246 g/mol. The van der Waals surface area contributed by atoms with Crippen molar-refractivity contribution in [2.24, 2.45) is 0 Å². The number of nitrogens with zero attached hydrogens (tertiary/aromatic N) is 1. The van der Waals surface area contributed by atoms with Crippen LogP contribution in [0, 0.1) is 0 Å². The van der Waals surface area contributed by atoms with Crippen molar-refractivity contribution in [1.82, 2.24) is 10.2 Å². The van der Waals surface area contributed by atoms with Crippen molar-refractivity contribution in [2.45, 2.75) is 12.8 Å². The Morgan fingerprint density at radius 3 is 2.56 bits per heavy atom. The fraction of sp³-hybridized carbons (Fsp3) is 0.231. The van der Waals surface area contributed by atoms with E-state index in [-0.39, 0.29) is 12.3 Å². The summed E-state index contributed by atoms with van der Waals surface area (Å²) in [4.78, 5) is 10.7. The van der Waals surface area contributed by atoms with Gasteiger partial charge in [0.1, 0.15) is 5.69 Å². The molecule has 0 bridgehead atoms. The maximum absolute atomic E-state index is 10.7. The van der Waals surface area contributed by atoms with Gasteiger partial charge in [0, 0.05) is 12.2 Å². The molecule has 1 aromatic heterocycles. The number of aryl methyl sites for hydroxylation is 1. The Hall–Kier alpha value is -2.14. The highest BCUT2D eigenvalue weighted by Crippen LogP contribution is 2.18. The van der Waals surface area contributed by atoms with E-state index < -0.39 is 5.97 Å². The molecule has 94 valence electrons. The number of rotatable bonds is 5. The van der Waals surface area contributed by atoms with Crippen LogP contribution in [0.1, 0.15) is 22.5 Å². The molecule has 5 heteroatoms. The molecule has 0 amide bonds. The summed E-state index contributed by atoms with van der Waals surface area (Å²) >= 11 is 0. The molecule has 1 aromatic carbocycles. The predicted molar refractivity (Wildman–Crippen MR) is 66.4 cm³/mol. The standard InChI is InChI=1S/C13H14N2O3/c16-7-1-2-9-3-5-10(6-4-9)11-8-12(13(17)18)15-14-11/h3-6,8,16H,1-2,7H2,(H,14,15)(H,17,18). The molecule has 0 spiro atoms. The second kappa shape index (κ2) is 5.46. The lowest BCUT2D eigenvalue weighted by Gasteiger charge is -2.01. The van der Waals surface area contributed by atoms with E-state index in [0.29, 0.717) is 5.69 Å². The fourth-order valence-corrected chi connectivity index (χ4v) is 1.70. The third-order valence-electron chi connectivity index (χ3n) is 2.68. The van der Waals surface area contributed by atoms with Crippen molar-refractivity contribution in [3.05, 3.63) is 41.6 Å². The number of H-pyrrole nitrogens is 1. The smallest absolute Gasteiger partial charge is 0.353 e. The number of aliphatic hydroxyl groups excluding tert-OH is 1. The lowest BCUT2D eigenvalue weighted by molar-refractivity contribution is 0.0690. The monoisotopic (exact) mass is 246 g/mol. The lowest BCUT2D eigenvalue weighted by atomic mass is 10.1. The first kappa shape index (κ1) is 12.3. The van der Waals surface area contributed by atoms with Crippen LogP contribution in [0.25, 0.3) is 11.3 Å². The minimum atomic E-state index is -1.02. The zero-order valence-corrected chi connectivity index (χ0v) is 9.76. The third kappa shape index (κ3) is 2.75. The van der Waals surface area contributed by atoms with E-state index in [1.54, 1.807) is 0 Å². The summed E-state index contributed by atoms with van der Waals surface area (Å²) in [6, 6.07) is 9.22. The molecule has 2 rings (SSSR count). The van der Waals surface area contributed by atoms with Gasteiger partial charge < -0.3 is 10.2 Å². The number of carboxylic acid groups (broad SMARTS) is 1. The number of hydrogen-bond acceptors (Lipinski definition) is 3. The van der Waals surface area contributed by atoms with Crippen molar-refractivity contribution in [3.8, 4) is 11.3 Å². The van der Waals surface area contributed by atoms with Crippen LogP contribution in [0.4, 0.5) is 0 Å². The highest BCUT2D eigenvalue weighted by Gasteiger charge is 2.08. The maximum Gasteiger partial charge on any atom is 0.353 e. The van der Waals surface area contributed by atoms with E-state index in [0.717, 1.165) is 24.0 Å². The van der Waals surface area contributed by atoms with E-state index in [1.807, 2.05) is 24.3 Å². The normalized spacial score (nSPS) is 10.5. The SMILES string of the molecule is O=C(O)c1cc(-c2ccc(CCCO)cc2)n[nH]1.